The van der Waals surface area contributed by atoms with Gasteiger partial charge in [0.2, 0.25) is 5.91 Å². The Labute approximate surface area is 189 Å². The van der Waals surface area contributed by atoms with Gasteiger partial charge in [-0.25, -0.2) is 8.78 Å². The highest BCUT2D eigenvalue weighted by Gasteiger charge is 2.22. The first-order valence-corrected chi connectivity index (χ1v) is 10.1. The van der Waals surface area contributed by atoms with Crippen molar-refractivity contribution in [2.45, 2.75) is 31.8 Å². The van der Waals surface area contributed by atoms with E-state index in [4.69, 9.17) is 11.5 Å². The molecule has 2 rings (SSSR count). The van der Waals surface area contributed by atoms with Crippen molar-refractivity contribution in [2.75, 3.05) is 6.54 Å². The molecule has 0 aliphatic carbocycles. The molecule has 13 heteroatoms. The number of primary amides is 1. The Morgan fingerprint density at radius 1 is 1.00 bits per heavy atom. The second kappa shape index (κ2) is 11.9. The van der Waals surface area contributed by atoms with E-state index in [9.17, 15) is 38.5 Å². The molecule has 9 nitrogen and oxygen atoms in total. The van der Waals surface area contributed by atoms with Crippen molar-refractivity contribution in [3.05, 3.63) is 59.2 Å². The van der Waals surface area contributed by atoms with Crippen LogP contribution in [0.25, 0.3) is 0 Å². The van der Waals surface area contributed by atoms with Gasteiger partial charge in [-0.15, -0.1) is 0 Å². The summed E-state index contributed by atoms with van der Waals surface area (Å²) in [5.41, 5.74) is 10.4. The predicted molar refractivity (Wildman–Crippen MR) is 118 cm³/mol. The molecular formula is C20H25B2F2N3O6. The van der Waals surface area contributed by atoms with Crippen molar-refractivity contribution in [1.29, 1.82) is 0 Å². The summed E-state index contributed by atoms with van der Waals surface area (Å²) >= 11 is 0. The molecule has 0 unspecified atom stereocenters. The van der Waals surface area contributed by atoms with Crippen LogP contribution in [0.15, 0.2) is 36.4 Å². The normalized spacial score (nSPS) is 11.7. The highest BCUT2D eigenvalue weighted by Crippen LogP contribution is 2.14. The Morgan fingerprint density at radius 3 is 2.30 bits per heavy atom. The monoisotopic (exact) mass is 463 g/mol. The number of hydrogen-bond acceptors (Lipinski definition) is 7. The van der Waals surface area contributed by atoms with Crippen molar-refractivity contribution in [3.63, 3.8) is 0 Å². The SMILES string of the molecule is NC(=O)[C@@H](N)CCCCN(Cc1ccc(F)c(B(O)O)c1)C(=O)c1cc(F)cc(B(O)O)c1. The minimum atomic E-state index is -2.05. The Morgan fingerprint density at radius 2 is 1.70 bits per heavy atom. The standard InChI is InChI=1S/C20H25B2F2N3O6/c23-15-9-13(8-14(10-15)21(30)31)20(29)27(6-2-1-3-18(25)19(26)28)11-12-4-5-17(24)16(7-12)22(32)33/h4-5,7-10,18,30-33H,1-3,6,11,25H2,(H2,26,28)/t18-/m0/s1. The van der Waals surface area contributed by atoms with Crippen LogP contribution >= 0.6 is 0 Å². The van der Waals surface area contributed by atoms with Gasteiger partial charge >= 0.3 is 14.2 Å². The van der Waals surface area contributed by atoms with Crippen LogP contribution < -0.4 is 22.4 Å². The maximum Gasteiger partial charge on any atom is 0.491 e. The first-order chi connectivity index (χ1) is 15.5. The summed E-state index contributed by atoms with van der Waals surface area (Å²) in [6.45, 7) is 0.0421. The number of unbranched alkanes of at least 4 members (excludes halogenated alkanes) is 1. The topological polar surface area (TPSA) is 170 Å². The Kier molecular flexibility index (Phi) is 9.50. The fourth-order valence-corrected chi connectivity index (χ4v) is 3.24. The first kappa shape index (κ1) is 26.4. The van der Waals surface area contributed by atoms with Crippen LogP contribution in [0.2, 0.25) is 0 Å². The van der Waals surface area contributed by atoms with Crippen molar-refractivity contribution in [1.82, 2.24) is 4.90 Å². The molecule has 0 saturated carbocycles. The number of nitrogens with two attached hydrogens (primary N) is 2. The largest absolute Gasteiger partial charge is 0.491 e. The van der Waals surface area contributed by atoms with E-state index in [1.807, 2.05) is 0 Å². The lowest BCUT2D eigenvalue weighted by Crippen LogP contribution is -2.37. The molecule has 2 aromatic carbocycles. The molecule has 0 aliphatic heterocycles. The lowest BCUT2D eigenvalue weighted by Gasteiger charge is -2.24. The molecule has 0 aromatic heterocycles. The minimum Gasteiger partial charge on any atom is -0.423 e. The number of nitrogens with zero attached hydrogens (tertiary/aromatic N) is 1. The lowest BCUT2D eigenvalue weighted by atomic mass is 9.79. The van der Waals surface area contributed by atoms with Gasteiger partial charge in [0.05, 0.1) is 6.04 Å². The van der Waals surface area contributed by atoms with E-state index in [0.717, 1.165) is 24.3 Å². The minimum absolute atomic E-state index is 0.0891. The zero-order valence-electron chi connectivity index (χ0n) is 17.7. The van der Waals surface area contributed by atoms with E-state index in [2.05, 4.69) is 0 Å². The summed E-state index contributed by atoms with van der Waals surface area (Å²) in [5, 5.41) is 37.3. The second-order valence-corrected chi connectivity index (χ2v) is 7.61. The highest BCUT2D eigenvalue weighted by molar-refractivity contribution is 6.59. The van der Waals surface area contributed by atoms with Gasteiger partial charge in [-0.1, -0.05) is 12.1 Å². The van der Waals surface area contributed by atoms with Crippen LogP contribution in [0, 0.1) is 11.6 Å². The zero-order valence-corrected chi connectivity index (χ0v) is 17.7. The second-order valence-electron chi connectivity index (χ2n) is 7.61. The van der Waals surface area contributed by atoms with E-state index < -0.39 is 43.7 Å². The summed E-state index contributed by atoms with van der Waals surface area (Å²) in [7, 11) is -4.04. The van der Waals surface area contributed by atoms with Gasteiger partial charge in [-0.2, -0.15) is 0 Å². The number of benzene rings is 2. The maximum atomic E-state index is 13.9. The molecule has 2 amide bonds. The first-order valence-electron chi connectivity index (χ1n) is 10.1. The molecule has 33 heavy (non-hydrogen) atoms. The Hall–Kier alpha value is -2.83. The predicted octanol–water partition coefficient (Wildman–Crippen LogP) is -2.05. The third kappa shape index (κ3) is 7.62. The van der Waals surface area contributed by atoms with Crippen molar-refractivity contribution in [2.24, 2.45) is 11.5 Å². The van der Waals surface area contributed by atoms with E-state index in [1.54, 1.807) is 0 Å². The van der Waals surface area contributed by atoms with E-state index >= 15 is 0 Å². The number of hydrogen-bond donors (Lipinski definition) is 6. The van der Waals surface area contributed by atoms with Gasteiger partial charge in [0.25, 0.3) is 5.91 Å². The smallest absolute Gasteiger partial charge is 0.423 e. The van der Waals surface area contributed by atoms with E-state index in [-0.39, 0.29) is 36.0 Å². The number of carbonyl (C=O) groups is 2. The molecule has 0 bridgehead atoms. The lowest BCUT2D eigenvalue weighted by molar-refractivity contribution is -0.119. The third-order valence-electron chi connectivity index (χ3n) is 5.02. The van der Waals surface area contributed by atoms with Crippen LogP contribution in [0.1, 0.15) is 35.2 Å². The van der Waals surface area contributed by atoms with Crippen LogP contribution in [0.5, 0.6) is 0 Å². The molecule has 0 heterocycles. The number of rotatable bonds is 11. The maximum absolute atomic E-state index is 13.9. The molecule has 0 radical (unpaired) electrons. The van der Waals surface area contributed by atoms with E-state index in [1.165, 1.54) is 17.0 Å². The van der Waals surface area contributed by atoms with Crippen molar-refractivity contribution in [3.8, 4) is 0 Å². The van der Waals surface area contributed by atoms with Gasteiger partial charge in [-0.3, -0.25) is 9.59 Å². The van der Waals surface area contributed by atoms with Crippen LogP contribution in [0.4, 0.5) is 8.78 Å². The van der Waals surface area contributed by atoms with Crippen LogP contribution in [-0.4, -0.2) is 63.6 Å². The molecule has 1 atom stereocenters. The number of carbonyl (C=O) groups excluding carboxylic acids is 2. The quantitative estimate of drug-likeness (QED) is 0.165. The fourth-order valence-electron chi connectivity index (χ4n) is 3.24. The molecule has 176 valence electrons. The summed E-state index contributed by atoms with van der Waals surface area (Å²) in [6.07, 6.45) is 1.13. The third-order valence-corrected chi connectivity index (χ3v) is 5.02. The molecule has 0 saturated heterocycles. The summed E-state index contributed by atoms with van der Waals surface area (Å²) in [5.74, 6) is -2.98. The van der Waals surface area contributed by atoms with Gasteiger partial charge in [0, 0.05) is 24.1 Å². The van der Waals surface area contributed by atoms with Crippen LogP contribution in [-0.2, 0) is 11.3 Å². The number of halogens is 2. The summed E-state index contributed by atoms with van der Waals surface area (Å²) in [4.78, 5) is 25.5. The van der Waals surface area contributed by atoms with Gasteiger partial charge in [0.15, 0.2) is 0 Å². The summed E-state index contributed by atoms with van der Waals surface area (Å²) in [6, 6.07) is 5.71. The molecule has 8 N–H and O–H groups in total. The zero-order chi connectivity index (χ0) is 24.7. The average Bonchev–Trinajstić information content (AvgIpc) is 2.75. The molecule has 2 aromatic rings. The average molecular weight is 463 g/mol. The van der Waals surface area contributed by atoms with Crippen molar-refractivity contribution >= 4 is 37.0 Å². The molecular weight excluding hydrogens is 438 g/mol. The van der Waals surface area contributed by atoms with Crippen LogP contribution in [0.3, 0.4) is 0 Å². The van der Waals surface area contributed by atoms with Gasteiger partial charge < -0.3 is 36.5 Å². The molecule has 0 spiro atoms. The summed E-state index contributed by atoms with van der Waals surface area (Å²) < 4.78 is 27.7. The fraction of sp³-hybridized carbons (Fsp3) is 0.300. The molecule has 0 aliphatic rings. The van der Waals surface area contributed by atoms with Crippen molar-refractivity contribution < 1.29 is 38.5 Å². The van der Waals surface area contributed by atoms with E-state index in [0.29, 0.717) is 18.4 Å². The molecule has 0 fully saturated rings. The number of amides is 2. The van der Waals surface area contributed by atoms with Gasteiger partial charge in [0.1, 0.15) is 11.6 Å². The Bertz CT molecular complexity index is 996. The highest BCUT2D eigenvalue weighted by atomic mass is 19.1. The van der Waals surface area contributed by atoms with Gasteiger partial charge in [-0.05, 0) is 54.6 Å². The Balaban J connectivity index is 2.27.